The summed E-state index contributed by atoms with van der Waals surface area (Å²) < 4.78 is 5.51. The van der Waals surface area contributed by atoms with Crippen molar-refractivity contribution in [3.8, 4) is 0 Å². The summed E-state index contributed by atoms with van der Waals surface area (Å²) in [6.07, 6.45) is 1.76. The summed E-state index contributed by atoms with van der Waals surface area (Å²) in [5.41, 5.74) is 3.94. The lowest BCUT2D eigenvalue weighted by molar-refractivity contribution is 0.0279. The first kappa shape index (κ1) is 11.9. The zero-order valence-corrected chi connectivity index (χ0v) is 8.98. The van der Waals surface area contributed by atoms with E-state index in [1.54, 1.807) is 13.2 Å². The van der Waals surface area contributed by atoms with Crippen LogP contribution in [0.1, 0.15) is 5.56 Å². The Balaban J connectivity index is 2.23. The topological polar surface area (TPSA) is 30.5 Å². The molecule has 0 aromatic heterocycles. The Morgan fingerprint density at radius 3 is 2.73 bits per heavy atom. The maximum absolute atomic E-state index is 5.51. The van der Waals surface area contributed by atoms with E-state index in [4.69, 9.17) is 9.57 Å². The van der Waals surface area contributed by atoms with Gasteiger partial charge < -0.3 is 9.57 Å². The van der Waals surface area contributed by atoms with Crippen LogP contribution < -0.4 is 5.48 Å². The van der Waals surface area contributed by atoms with Crippen molar-refractivity contribution in [2.75, 3.05) is 13.7 Å². The molecule has 1 rings (SSSR count). The molecule has 0 radical (unpaired) electrons. The third-order valence-electron chi connectivity index (χ3n) is 1.96. The van der Waals surface area contributed by atoms with Crippen molar-refractivity contribution in [1.29, 1.82) is 0 Å². The maximum atomic E-state index is 5.51. The average Bonchev–Trinajstić information content (AvgIpc) is 2.29. The van der Waals surface area contributed by atoms with Crippen LogP contribution in [0.15, 0.2) is 43.0 Å². The molecule has 82 valence electrons. The summed E-state index contributed by atoms with van der Waals surface area (Å²) in [6.45, 7) is 4.84. The highest BCUT2D eigenvalue weighted by Gasteiger charge is 2.02. The lowest BCUT2D eigenvalue weighted by Crippen LogP contribution is -2.30. The lowest BCUT2D eigenvalue weighted by Gasteiger charge is -2.12. The van der Waals surface area contributed by atoms with Gasteiger partial charge in [0, 0.05) is 0 Å². The van der Waals surface area contributed by atoms with Gasteiger partial charge in [0.15, 0.2) is 0 Å². The van der Waals surface area contributed by atoms with E-state index in [0.717, 1.165) is 5.56 Å². The van der Waals surface area contributed by atoms with Gasteiger partial charge in [-0.3, -0.25) is 0 Å². The Bertz CT molecular complexity index is 274. The fraction of sp³-hybridized carbons (Fsp3) is 0.333. The van der Waals surface area contributed by atoms with Gasteiger partial charge >= 0.3 is 0 Å². The molecule has 0 heterocycles. The van der Waals surface area contributed by atoms with Gasteiger partial charge in [0.25, 0.3) is 0 Å². The molecule has 0 fully saturated rings. The van der Waals surface area contributed by atoms with E-state index in [-0.39, 0.29) is 6.04 Å². The summed E-state index contributed by atoms with van der Waals surface area (Å²) >= 11 is 0. The van der Waals surface area contributed by atoms with Gasteiger partial charge in [0.1, 0.15) is 0 Å². The SMILES string of the molecule is C=C[C@@H](COCc1ccccc1)NOC. The Labute approximate surface area is 90.7 Å². The molecule has 0 saturated heterocycles. The van der Waals surface area contributed by atoms with Crippen molar-refractivity contribution in [3.63, 3.8) is 0 Å². The van der Waals surface area contributed by atoms with Crippen LogP contribution in [-0.4, -0.2) is 19.8 Å². The van der Waals surface area contributed by atoms with Crippen LogP contribution >= 0.6 is 0 Å². The quantitative estimate of drug-likeness (QED) is 0.547. The van der Waals surface area contributed by atoms with Crippen molar-refractivity contribution >= 4 is 0 Å². The smallest absolute Gasteiger partial charge is 0.0733 e. The van der Waals surface area contributed by atoms with Gasteiger partial charge in [0.05, 0.1) is 26.4 Å². The van der Waals surface area contributed by atoms with E-state index >= 15 is 0 Å². The molecule has 1 aromatic carbocycles. The Hall–Kier alpha value is -1.16. The standard InChI is InChI=1S/C12H17NO2/c1-3-12(13-14-2)10-15-9-11-7-5-4-6-8-11/h3-8,12-13H,1,9-10H2,2H3/t12-/m0/s1. The number of benzene rings is 1. The predicted octanol–water partition coefficient (Wildman–Crippen LogP) is 1.91. The van der Waals surface area contributed by atoms with E-state index in [1.165, 1.54) is 0 Å². The van der Waals surface area contributed by atoms with Crippen LogP contribution in [0.4, 0.5) is 0 Å². The van der Waals surface area contributed by atoms with Crippen LogP contribution in [0.3, 0.4) is 0 Å². The number of rotatable bonds is 7. The van der Waals surface area contributed by atoms with Crippen LogP contribution in [0, 0.1) is 0 Å². The molecule has 15 heavy (non-hydrogen) atoms. The van der Waals surface area contributed by atoms with Crippen LogP contribution in [-0.2, 0) is 16.2 Å². The number of ether oxygens (including phenoxy) is 1. The van der Waals surface area contributed by atoms with Crippen molar-refractivity contribution in [2.24, 2.45) is 0 Å². The number of hydrogen-bond donors (Lipinski definition) is 1. The molecule has 1 N–H and O–H groups in total. The molecule has 0 spiro atoms. The monoisotopic (exact) mass is 207 g/mol. The fourth-order valence-corrected chi connectivity index (χ4v) is 1.18. The normalized spacial score (nSPS) is 12.3. The molecule has 0 aliphatic carbocycles. The zero-order valence-electron chi connectivity index (χ0n) is 8.98. The third-order valence-corrected chi connectivity index (χ3v) is 1.96. The fourth-order valence-electron chi connectivity index (χ4n) is 1.18. The van der Waals surface area contributed by atoms with Crippen LogP contribution in [0.2, 0.25) is 0 Å². The van der Waals surface area contributed by atoms with Gasteiger partial charge in [-0.15, -0.1) is 6.58 Å². The molecular weight excluding hydrogens is 190 g/mol. The minimum Gasteiger partial charge on any atom is -0.375 e. The van der Waals surface area contributed by atoms with Gasteiger partial charge in [-0.25, -0.2) is 0 Å². The highest BCUT2D eigenvalue weighted by atomic mass is 16.6. The summed E-state index contributed by atoms with van der Waals surface area (Å²) in [4.78, 5) is 4.80. The van der Waals surface area contributed by atoms with E-state index in [9.17, 15) is 0 Å². The van der Waals surface area contributed by atoms with Crippen LogP contribution in [0.5, 0.6) is 0 Å². The molecule has 1 atom stereocenters. The lowest BCUT2D eigenvalue weighted by atomic mass is 10.2. The second kappa shape index (κ2) is 7.17. The molecule has 1 aromatic rings. The first-order valence-electron chi connectivity index (χ1n) is 4.89. The van der Waals surface area contributed by atoms with Crippen molar-refractivity contribution in [3.05, 3.63) is 48.6 Å². The highest BCUT2D eigenvalue weighted by molar-refractivity contribution is 5.13. The number of nitrogens with one attached hydrogen (secondary N) is 1. The second-order valence-electron chi connectivity index (χ2n) is 3.16. The Kier molecular flexibility index (Phi) is 5.70. The van der Waals surface area contributed by atoms with Crippen LogP contribution in [0.25, 0.3) is 0 Å². The summed E-state index contributed by atoms with van der Waals surface area (Å²) in [5, 5.41) is 0. The summed E-state index contributed by atoms with van der Waals surface area (Å²) in [5.74, 6) is 0. The van der Waals surface area contributed by atoms with E-state index in [2.05, 4.69) is 12.1 Å². The van der Waals surface area contributed by atoms with E-state index in [1.807, 2.05) is 30.3 Å². The second-order valence-corrected chi connectivity index (χ2v) is 3.16. The molecule has 3 nitrogen and oxygen atoms in total. The summed E-state index contributed by atoms with van der Waals surface area (Å²) in [7, 11) is 1.58. The molecule has 0 aliphatic rings. The molecule has 0 saturated carbocycles. The molecule has 3 heteroatoms. The van der Waals surface area contributed by atoms with Gasteiger partial charge in [-0.1, -0.05) is 36.4 Å². The third kappa shape index (κ3) is 4.74. The van der Waals surface area contributed by atoms with Gasteiger partial charge in [0.2, 0.25) is 0 Å². The van der Waals surface area contributed by atoms with E-state index in [0.29, 0.717) is 13.2 Å². The number of hydroxylamine groups is 1. The zero-order chi connectivity index (χ0) is 10.9. The largest absolute Gasteiger partial charge is 0.375 e. The Morgan fingerprint density at radius 2 is 2.13 bits per heavy atom. The van der Waals surface area contributed by atoms with Crippen molar-refractivity contribution < 1.29 is 9.57 Å². The minimum atomic E-state index is 0.0266. The predicted molar refractivity (Wildman–Crippen MR) is 60.2 cm³/mol. The van der Waals surface area contributed by atoms with Crippen molar-refractivity contribution in [1.82, 2.24) is 5.48 Å². The molecule has 0 unspecified atom stereocenters. The number of hydrogen-bond acceptors (Lipinski definition) is 3. The minimum absolute atomic E-state index is 0.0266. The van der Waals surface area contributed by atoms with E-state index < -0.39 is 0 Å². The van der Waals surface area contributed by atoms with Gasteiger partial charge in [-0.2, -0.15) is 5.48 Å². The Morgan fingerprint density at radius 1 is 1.40 bits per heavy atom. The highest BCUT2D eigenvalue weighted by Crippen LogP contribution is 2.01. The molecule has 0 aliphatic heterocycles. The van der Waals surface area contributed by atoms with Crippen molar-refractivity contribution in [2.45, 2.75) is 12.6 Å². The first-order chi connectivity index (χ1) is 7.36. The molecule has 0 amide bonds. The maximum Gasteiger partial charge on any atom is 0.0733 e. The van der Waals surface area contributed by atoms with Gasteiger partial charge in [-0.05, 0) is 5.56 Å². The molecule has 0 bridgehead atoms. The first-order valence-corrected chi connectivity index (χ1v) is 4.89. The average molecular weight is 207 g/mol. The molecular formula is C12H17NO2. The summed E-state index contributed by atoms with van der Waals surface area (Å²) in [6, 6.07) is 10.1.